The van der Waals surface area contributed by atoms with Crippen LogP contribution in [0.25, 0.3) is 0 Å². The summed E-state index contributed by atoms with van der Waals surface area (Å²) in [6.45, 7) is 6.55. The third-order valence-corrected chi connectivity index (χ3v) is 6.30. The number of ether oxygens (including phenoxy) is 1. The van der Waals surface area contributed by atoms with Gasteiger partial charge in [0.05, 0.1) is 18.2 Å². The molecule has 2 saturated heterocycles. The van der Waals surface area contributed by atoms with Gasteiger partial charge in [0, 0.05) is 56.7 Å². The molecule has 5 rings (SSSR count). The van der Waals surface area contributed by atoms with Gasteiger partial charge in [-0.2, -0.15) is 15.0 Å². The monoisotopic (exact) mass is 502 g/mol. The minimum Gasteiger partial charge on any atom is -0.378 e. The summed E-state index contributed by atoms with van der Waals surface area (Å²) in [6.07, 6.45) is 1.73. The van der Waals surface area contributed by atoms with E-state index in [2.05, 4.69) is 37.0 Å². The Morgan fingerprint density at radius 3 is 2.51 bits per heavy atom. The van der Waals surface area contributed by atoms with Crippen LogP contribution in [0.3, 0.4) is 0 Å². The summed E-state index contributed by atoms with van der Waals surface area (Å²) in [7, 11) is 0. The second kappa shape index (κ2) is 10.1. The van der Waals surface area contributed by atoms with Crippen molar-refractivity contribution in [3.05, 3.63) is 53.2 Å². The molecule has 2 fully saturated rings. The fourth-order valence-electron chi connectivity index (χ4n) is 4.20. The predicted octanol–water partition coefficient (Wildman–Crippen LogP) is 3.49. The van der Waals surface area contributed by atoms with E-state index < -0.39 is 11.6 Å². The Labute approximate surface area is 206 Å². The van der Waals surface area contributed by atoms with Crippen LogP contribution in [0, 0.1) is 11.6 Å². The van der Waals surface area contributed by atoms with E-state index in [1.807, 2.05) is 17.0 Å². The molecule has 184 valence electrons. The van der Waals surface area contributed by atoms with Crippen LogP contribution in [-0.2, 0) is 4.74 Å². The fourth-order valence-corrected chi connectivity index (χ4v) is 4.44. The number of benzene rings is 1. The fraction of sp³-hybridized carbons (Fsp3) is 0.391. The van der Waals surface area contributed by atoms with E-state index in [9.17, 15) is 8.78 Å². The summed E-state index contributed by atoms with van der Waals surface area (Å²) in [6, 6.07) is 7.27. The largest absolute Gasteiger partial charge is 0.378 e. The SMILES string of the molecule is CC1CN(c2ncccc2Cl)CCN1c1nc(Nc2ccc(F)c(F)c2)nc(N2CCOCC2)n1. The quantitative estimate of drug-likeness (QED) is 0.563. The zero-order valence-corrected chi connectivity index (χ0v) is 19.9. The number of nitrogens with zero attached hydrogens (tertiary/aromatic N) is 7. The molecule has 0 saturated carbocycles. The Morgan fingerprint density at radius 2 is 1.77 bits per heavy atom. The molecule has 12 heteroatoms. The van der Waals surface area contributed by atoms with Crippen molar-refractivity contribution in [2.45, 2.75) is 13.0 Å². The van der Waals surface area contributed by atoms with Gasteiger partial charge < -0.3 is 24.8 Å². The van der Waals surface area contributed by atoms with Gasteiger partial charge in [-0.15, -0.1) is 0 Å². The van der Waals surface area contributed by atoms with Crippen LogP contribution in [0.2, 0.25) is 5.02 Å². The summed E-state index contributed by atoms with van der Waals surface area (Å²) >= 11 is 6.36. The second-order valence-corrected chi connectivity index (χ2v) is 8.82. The number of halogens is 3. The van der Waals surface area contributed by atoms with E-state index in [1.165, 1.54) is 6.07 Å². The Hall–Kier alpha value is -3.31. The summed E-state index contributed by atoms with van der Waals surface area (Å²) in [5, 5.41) is 3.61. The van der Waals surface area contributed by atoms with Crippen LogP contribution in [0.5, 0.6) is 0 Å². The normalized spacial score (nSPS) is 18.6. The first-order chi connectivity index (χ1) is 17.0. The highest BCUT2D eigenvalue weighted by Crippen LogP contribution is 2.28. The van der Waals surface area contributed by atoms with Gasteiger partial charge in [0.2, 0.25) is 17.8 Å². The van der Waals surface area contributed by atoms with Gasteiger partial charge in [-0.1, -0.05) is 11.6 Å². The second-order valence-electron chi connectivity index (χ2n) is 8.41. The number of pyridine rings is 1. The molecular weight excluding hydrogens is 478 g/mol. The minimum absolute atomic E-state index is 0.0536. The first-order valence-corrected chi connectivity index (χ1v) is 11.8. The number of hydrogen-bond donors (Lipinski definition) is 1. The van der Waals surface area contributed by atoms with Gasteiger partial charge >= 0.3 is 0 Å². The molecule has 2 aromatic heterocycles. The molecule has 4 heterocycles. The molecule has 1 aromatic carbocycles. The molecule has 0 spiro atoms. The average Bonchev–Trinajstić information content (AvgIpc) is 2.87. The Bertz CT molecular complexity index is 1200. The number of nitrogens with one attached hydrogen (secondary N) is 1. The molecule has 1 unspecified atom stereocenters. The standard InChI is InChI=1S/C23H25ClF2N8O/c1-15-14-33(20-17(24)3-2-6-27-20)7-8-34(15)23-30-21(28-16-4-5-18(25)19(26)13-16)29-22(31-23)32-9-11-35-12-10-32/h2-6,13,15H,7-12,14H2,1H3,(H,28,29,30,31). The van der Waals surface area contributed by atoms with E-state index in [0.717, 1.165) is 18.0 Å². The van der Waals surface area contributed by atoms with Crippen LogP contribution in [0.15, 0.2) is 36.5 Å². The molecule has 0 bridgehead atoms. The summed E-state index contributed by atoms with van der Waals surface area (Å²) in [5.41, 5.74) is 0.344. The number of anilines is 5. The molecule has 9 nitrogen and oxygen atoms in total. The molecular formula is C23H25ClF2N8O. The lowest BCUT2D eigenvalue weighted by atomic mass is 10.2. The van der Waals surface area contributed by atoms with Crippen LogP contribution in [0.1, 0.15) is 6.92 Å². The average molecular weight is 503 g/mol. The number of morpholine rings is 1. The summed E-state index contributed by atoms with van der Waals surface area (Å²) in [5.74, 6) is 0.156. The number of piperazine rings is 1. The van der Waals surface area contributed by atoms with Gasteiger partial charge in [0.1, 0.15) is 5.82 Å². The molecule has 1 N–H and O–H groups in total. The highest BCUT2D eigenvalue weighted by molar-refractivity contribution is 6.32. The molecule has 35 heavy (non-hydrogen) atoms. The van der Waals surface area contributed by atoms with Crippen molar-refractivity contribution in [3.8, 4) is 0 Å². The van der Waals surface area contributed by atoms with Crippen molar-refractivity contribution < 1.29 is 13.5 Å². The highest BCUT2D eigenvalue weighted by atomic mass is 35.5. The van der Waals surface area contributed by atoms with Crippen LogP contribution >= 0.6 is 11.6 Å². The van der Waals surface area contributed by atoms with Gasteiger partial charge in [-0.05, 0) is 31.2 Å². The van der Waals surface area contributed by atoms with Crippen molar-refractivity contribution in [1.82, 2.24) is 19.9 Å². The predicted molar refractivity (Wildman–Crippen MR) is 131 cm³/mol. The molecule has 0 radical (unpaired) electrons. The number of hydrogen-bond acceptors (Lipinski definition) is 9. The maximum Gasteiger partial charge on any atom is 0.233 e. The van der Waals surface area contributed by atoms with E-state index in [4.69, 9.17) is 21.3 Å². The molecule has 2 aliphatic rings. The van der Waals surface area contributed by atoms with E-state index in [0.29, 0.717) is 68.5 Å². The van der Waals surface area contributed by atoms with E-state index in [1.54, 1.807) is 6.20 Å². The zero-order chi connectivity index (χ0) is 24.4. The zero-order valence-electron chi connectivity index (χ0n) is 19.2. The third kappa shape index (κ3) is 5.20. The van der Waals surface area contributed by atoms with Crippen LogP contribution < -0.4 is 20.0 Å². The number of rotatable bonds is 5. The maximum atomic E-state index is 13.8. The minimum atomic E-state index is -0.949. The summed E-state index contributed by atoms with van der Waals surface area (Å²) < 4.78 is 32.6. The van der Waals surface area contributed by atoms with Gasteiger partial charge in [-0.25, -0.2) is 13.8 Å². The van der Waals surface area contributed by atoms with Crippen molar-refractivity contribution in [1.29, 1.82) is 0 Å². The molecule has 3 aromatic rings. The van der Waals surface area contributed by atoms with Crippen LogP contribution in [-0.4, -0.2) is 71.9 Å². The lowest BCUT2D eigenvalue weighted by molar-refractivity contribution is 0.122. The third-order valence-electron chi connectivity index (χ3n) is 6.00. The van der Waals surface area contributed by atoms with Crippen LogP contribution in [0.4, 0.5) is 38.1 Å². The van der Waals surface area contributed by atoms with Crippen molar-refractivity contribution >= 4 is 41.0 Å². The molecule has 0 amide bonds. The van der Waals surface area contributed by atoms with Crippen molar-refractivity contribution in [3.63, 3.8) is 0 Å². The first kappa shape index (κ1) is 23.4. The topological polar surface area (TPSA) is 82.5 Å². The Kier molecular flexibility index (Phi) is 6.78. The molecule has 0 aliphatic carbocycles. The highest BCUT2D eigenvalue weighted by Gasteiger charge is 2.29. The van der Waals surface area contributed by atoms with Gasteiger partial charge in [0.25, 0.3) is 0 Å². The smallest absolute Gasteiger partial charge is 0.233 e. The van der Waals surface area contributed by atoms with Gasteiger partial charge in [-0.3, -0.25) is 0 Å². The van der Waals surface area contributed by atoms with Gasteiger partial charge in [0.15, 0.2) is 11.6 Å². The van der Waals surface area contributed by atoms with E-state index in [-0.39, 0.29) is 12.0 Å². The molecule has 2 aliphatic heterocycles. The lowest BCUT2D eigenvalue weighted by Gasteiger charge is -2.40. The van der Waals surface area contributed by atoms with Crippen molar-refractivity contribution in [2.24, 2.45) is 0 Å². The van der Waals surface area contributed by atoms with E-state index >= 15 is 0 Å². The Morgan fingerprint density at radius 1 is 0.971 bits per heavy atom. The number of aromatic nitrogens is 4. The first-order valence-electron chi connectivity index (χ1n) is 11.4. The maximum absolute atomic E-state index is 13.8. The summed E-state index contributed by atoms with van der Waals surface area (Å²) in [4.78, 5) is 24.7. The van der Waals surface area contributed by atoms with Crippen molar-refractivity contribution in [2.75, 3.05) is 66.0 Å². The lowest BCUT2D eigenvalue weighted by Crippen LogP contribution is -2.53. The Balaban J connectivity index is 1.42. The molecule has 1 atom stereocenters.